The van der Waals surface area contributed by atoms with Gasteiger partial charge in [-0.1, -0.05) is 41.9 Å². The van der Waals surface area contributed by atoms with Crippen LogP contribution in [-0.2, 0) is 41.9 Å². The van der Waals surface area contributed by atoms with E-state index in [1.165, 1.54) is 49.0 Å². The summed E-state index contributed by atoms with van der Waals surface area (Å²) in [5.41, 5.74) is -0.00411. The predicted octanol–water partition coefficient (Wildman–Crippen LogP) is 0.943. The average molecular weight is 491 g/mol. The molecule has 2 N–H and O–H groups in total. The van der Waals surface area contributed by atoms with Crippen molar-refractivity contribution in [3.63, 3.8) is 0 Å². The van der Waals surface area contributed by atoms with Crippen molar-refractivity contribution in [1.82, 2.24) is 19.2 Å². The standard InChI is InChI=1S/C22H23ClN4O5S/c1-26-17(13-20(28)27(2)22(26)30)14-24-21(29)19(12-15-6-4-3-5-7-15)25-33(31,32)18-10-8-16(23)9-11-18/h3-11,13,19,25H,12,14H2,1-2H3,(H,24,29)/t19-/m1/s1. The summed E-state index contributed by atoms with van der Waals surface area (Å²) < 4.78 is 30.4. The van der Waals surface area contributed by atoms with Crippen molar-refractivity contribution in [2.24, 2.45) is 14.1 Å². The number of aromatic nitrogens is 2. The Labute approximate surface area is 195 Å². The number of benzene rings is 2. The lowest BCUT2D eigenvalue weighted by atomic mass is 10.1. The van der Waals surface area contributed by atoms with Crippen LogP contribution in [0.25, 0.3) is 0 Å². The van der Waals surface area contributed by atoms with Crippen LogP contribution in [-0.4, -0.2) is 29.5 Å². The Kier molecular flexibility index (Phi) is 7.52. The Hall–Kier alpha value is -3.21. The maximum atomic E-state index is 13.0. The Bertz CT molecular complexity index is 1370. The molecule has 0 fully saturated rings. The smallest absolute Gasteiger partial charge is 0.330 e. The lowest BCUT2D eigenvalue weighted by molar-refractivity contribution is -0.122. The van der Waals surface area contributed by atoms with Gasteiger partial charge in [0, 0.05) is 30.9 Å². The lowest BCUT2D eigenvalue weighted by Gasteiger charge is -2.19. The highest BCUT2D eigenvalue weighted by molar-refractivity contribution is 7.89. The quantitative estimate of drug-likeness (QED) is 0.487. The fourth-order valence-electron chi connectivity index (χ4n) is 3.16. The fourth-order valence-corrected chi connectivity index (χ4v) is 4.48. The number of carbonyl (C=O) groups excluding carboxylic acids is 1. The van der Waals surface area contributed by atoms with Gasteiger partial charge in [0.1, 0.15) is 6.04 Å². The molecule has 0 radical (unpaired) electrons. The Morgan fingerprint density at radius 1 is 1.00 bits per heavy atom. The topological polar surface area (TPSA) is 119 Å². The Balaban J connectivity index is 1.84. The third-order valence-corrected chi connectivity index (χ3v) is 6.83. The molecular weight excluding hydrogens is 468 g/mol. The number of nitrogens with zero attached hydrogens (tertiary/aromatic N) is 2. The zero-order chi connectivity index (χ0) is 24.2. The summed E-state index contributed by atoms with van der Waals surface area (Å²) in [5, 5.41) is 3.00. The summed E-state index contributed by atoms with van der Waals surface area (Å²) in [6.45, 7) is -0.130. The molecule has 0 aliphatic carbocycles. The van der Waals surface area contributed by atoms with Crippen molar-refractivity contribution in [1.29, 1.82) is 0 Å². The highest BCUT2D eigenvalue weighted by Crippen LogP contribution is 2.15. The monoisotopic (exact) mass is 490 g/mol. The second kappa shape index (κ2) is 10.2. The largest absolute Gasteiger partial charge is 0.349 e. The number of rotatable bonds is 8. The van der Waals surface area contributed by atoms with E-state index in [1.807, 2.05) is 6.07 Å². The molecular formula is C22H23ClN4O5S. The molecule has 0 saturated heterocycles. The molecule has 1 aromatic heterocycles. The minimum absolute atomic E-state index is 0.0354. The molecule has 9 nitrogen and oxygen atoms in total. The van der Waals surface area contributed by atoms with Crippen LogP contribution in [0.1, 0.15) is 11.3 Å². The van der Waals surface area contributed by atoms with Crippen molar-refractivity contribution in [3.8, 4) is 0 Å². The van der Waals surface area contributed by atoms with Crippen LogP contribution in [0.2, 0.25) is 5.02 Å². The van der Waals surface area contributed by atoms with E-state index in [9.17, 15) is 22.8 Å². The molecule has 0 bridgehead atoms. The van der Waals surface area contributed by atoms with Gasteiger partial charge in [-0.25, -0.2) is 13.2 Å². The summed E-state index contributed by atoms with van der Waals surface area (Å²) in [4.78, 5) is 37.0. The van der Waals surface area contributed by atoms with E-state index in [0.717, 1.165) is 10.1 Å². The minimum atomic E-state index is -4.03. The second-order valence-corrected chi connectivity index (χ2v) is 9.56. The van der Waals surface area contributed by atoms with Crippen LogP contribution in [0.15, 0.2) is 75.1 Å². The van der Waals surface area contributed by atoms with E-state index < -0.39 is 33.2 Å². The first-order valence-corrected chi connectivity index (χ1v) is 11.8. The summed E-state index contributed by atoms with van der Waals surface area (Å²) >= 11 is 5.84. The van der Waals surface area contributed by atoms with Crippen molar-refractivity contribution < 1.29 is 13.2 Å². The zero-order valence-electron chi connectivity index (χ0n) is 18.0. The Morgan fingerprint density at radius 2 is 1.64 bits per heavy atom. The van der Waals surface area contributed by atoms with Crippen LogP contribution in [0.5, 0.6) is 0 Å². The summed E-state index contributed by atoms with van der Waals surface area (Å²) in [7, 11) is -1.19. The van der Waals surface area contributed by atoms with Gasteiger partial charge in [0.05, 0.1) is 11.4 Å². The maximum Gasteiger partial charge on any atom is 0.330 e. The minimum Gasteiger partial charge on any atom is -0.349 e. The molecule has 3 rings (SSSR count). The van der Waals surface area contributed by atoms with Gasteiger partial charge in [-0.05, 0) is 36.2 Å². The molecule has 0 spiro atoms. The van der Waals surface area contributed by atoms with Crippen molar-refractivity contribution in [2.45, 2.75) is 23.9 Å². The first-order chi connectivity index (χ1) is 15.6. The number of nitrogens with one attached hydrogen (secondary N) is 2. The van der Waals surface area contributed by atoms with Gasteiger partial charge in [-0.15, -0.1) is 0 Å². The molecule has 3 aromatic rings. The lowest BCUT2D eigenvalue weighted by Crippen LogP contribution is -2.48. The van der Waals surface area contributed by atoms with Crippen molar-refractivity contribution >= 4 is 27.5 Å². The maximum absolute atomic E-state index is 13.0. The SMILES string of the molecule is Cn1c(CNC(=O)[C@@H](Cc2ccccc2)NS(=O)(=O)c2ccc(Cl)cc2)cc(=O)n(C)c1=O. The van der Waals surface area contributed by atoms with Crippen LogP contribution in [0.3, 0.4) is 0 Å². The molecule has 0 aliphatic heterocycles. The first-order valence-electron chi connectivity index (χ1n) is 9.94. The molecule has 1 amide bonds. The summed E-state index contributed by atoms with van der Waals surface area (Å²) in [6.07, 6.45) is 0.0922. The number of amides is 1. The fraction of sp³-hybridized carbons (Fsp3) is 0.227. The molecule has 0 unspecified atom stereocenters. The molecule has 11 heteroatoms. The van der Waals surface area contributed by atoms with Crippen LogP contribution < -0.4 is 21.3 Å². The number of sulfonamides is 1. The molecule has 0 saturated carbocycles. The van der Waals surface area contributed by atoms with Gasteiger partial charge in [0.2, 0.25) is 15.9 Å². The normalized spacial score (nSPS) is 12.3. The van der Waals surface area contributed by atoms with E-state index in [-0.39, 0.29) is 23.6 Å². The number of carbonyl (C=O) groups is 1. The highest BCUT2D eigenvalue weighted by atomic mass is 35.5. The number of halogens is 1. The van der Waals surface area contributed by atoms with Crippen LogP contribution >= 0.6 is 11.6 Å². The van der Waals surface area contributed by atoms with Gasteiger partial charge in [-0.3, -0.25) is 18.7 Å². The van der Waals surface area contributed by atoms with Gasteiger partial charge in [0.25, 0.3) is 5.56 Å². The third kappa shape index (κ3) is 5.98. The Morgan fingerprint density at radius 3 is 2.27 bits per heavy atom. The summed E-state index contributed by atoms with van der Waals surface area (Å²) in [5.74, 6) is -0.607. The summed E-state index contributed by atoms with van der Waals surface area (Å²) in [6, 6.07) is 14.6. The van der Waals surface area contributed by atoms with E-state index >= 15 is 0 Å². The number of hydrogen-bond acceptors (Lipinski definition) is 5. The van der Waals surface area contributed by atoms with Crippen LogP contribution in [0, 0.1) is 0 Å². The zero-order valence-corrected chi connectivity index (χ0v) is 19.6. The van der Waals surface area contributed by atoms with Gasteiger partial charge in [-0.2, -0.15) is 4.72 Å². The number of hydrogen-bond donors (Lipinski definition) is 2. The van der Waals surface area contributed by atoms with Crippen molar-refractivity contribution in [3.05, 3.63) is 97.8 Å². The molecule has 2 aromatic carbocycles. The van der Waals surface area contributed by atoms with Gasteiger partial charge in [0.15, 0.2) is 0 Å². The van der Waals surface area contributed by atoms with E-state index in [2.05, 4.69) is 10.0 Å². The molecule has 0 aliphatic rings. The first kappa shape index (κ1) is 24.4. The van der Waals surface area contributed by atoms with Gasteiger partial charge < -0.3 is 5.32 Å². The van der Waals surface area contributed by atoms with Crippen molar-refractivity contribution in [2.75, 3.05) is 0 Å². The molecule has 33 heavy (non-hydrogen) atoms. The van der Waals surface area contributed by atoms with E-state index in [1.54, 1.807) is 24.3 Å². The van der Waals surface area contributed by atoms with E-state index in [4.69, 9.17) is 11.6 Å². The van der Waals surface area contributed by atoms with E-state index in [0.29, 0.717) is 5.02 Å². The highest BCUT2D eigenvalue weighted by Gasteiger charge is 2.26. The molecule has 1 atom stereocenters. The predicted molar refractivity (Wildman–Crippen MR) is 124 cm³/mol. The molecule has 174 valence electrons. The molecule has 1 heterocycles. The second-order valence-electron chi connectivity index (χ2n) is 7.41. The van der Waals surface area contributed by atoms with Crippen LogP contribution in [0.4, 0.5) is 0 Å². The third-order valence-electron chi connectivity index (χ3n) is 5.09. The average Bonchev–Trinajstić information content (AvgIpc) is 2.79. The van der Waals surface area contributed by atoms with Gasteiger partial charge >= 0.3 is 5.69 Å².